The molecule has 1 aromatic carbocycles. The molecule has 3 rings (SSSR count). The molecule has 0 atom stereocenters. The molecule has 1 N–H and O–H groups in total. The van der Waals surface area contributed by atoms with Crippen LogP contribution in [-0.2, 0) is 6.54 Å². The summed E-state index contributed by atoms with van der Waals surface area (Å²) < 4.78 is 8.70. The van der Waals surface area contributed by atoms with E-state index >= 15 is 0 Å². The van der Waals surface area contributed by atoms with E-state index in [4.69, 9.17) is 4.74 Å². The summed E-state index contributed by atoms with van der Waals surface area (Å²) in [5, 5.41) is 9.99. The van der Waals surface area contributed by atoms with E-state index in [9.17, 15) is 5.11 Å². The Kier molecular flexibility index (Phi) is 6.25. The minimum Gasteiger partial charge on any atom is -0.489 e. The second-order valence-electron chi connectivity index (χ2n) is 6.72. The molecule has 144 valence electrons. The number of aliphatic hydroxyl groups is 1. The zero-order valence-corrected chi connectivity index (χ0v) is 18.8. The van der Waals surface area contributed by atoms with E-state index in [1.807, 2.05) is 31.5 Å². The Labute approximate surface area is 175 Å². The fourth-order valence-electron chi connectivity index (χ4n) is 2.50. The highest BCUT2D eigenvalue weighted by molar-refractivity contribution is 9.10. The molecule has 0 saturated heterocycles. The van der Waals surface area contributed by atoms with Gasteiger partial charge in [-0.2, -0.15) is 0 Å². The van der Waals surface area contributed by atoms with E-state index in [0.717, 1.165) is 30.6 Å². The second kappa shape index (κ2) is 8.30. The van der Waals surface area contributed by atoms with Crippen molar-refractivity contribution >= 4 is 55.2 Å². The number of para-hydroxylation sites is 1. The van der Waals surface area contributed by atoms with Crippen LogP contribution in [0.5, 0.6) is 5.75 Å². The molecule has 27 heavy (non-hydrogen) atoms. The topological polar surface area (TPSA) is 71.4 Å². The number of ether oxygens (including phenoxy) is 1. The van der Waals surface area contributed by atoms with Crippen LogP contribution in [0.25, 0.3) is 10.3 Å². The SMILES string of the molecule is CSc1nc2ncnc(N(C)Cc3cccc(Br)c3OCC(C)(C)O)c2s1. The van der Waals surface area contributed by atoms with Gasteiger partial charge in [-0.25, -0.2) is 15.0 Å². The lowest BCUT2D eigenvalue weighted by Crippen LogP contribution is -2.28. The number of halogens is 1. The maximum absolute atomic E-state index is 9.99. The highest BCUT2D eigenvalue weighted by Gasteiger charge is 2.19. The third-order valence-corrected chi connectivity index (χ3v) is 6.36. The zero-order valence-electron chi connectivity index (χ0n) is 15.6. The molecule has 0 bridgehead atoms. The summed E-state index contributed by atoms with van der Waals surface area (Å²) in [5.74, 6) is 1.57. The Bertz CT molecular complexity index is 943. The van der Waals surface area contributed by atoms with Crippen LogP contribution < -0.4 is 9.64 Å². The minimum atomic E-state index is -0.909. The molecule has 0 unspecified atom stereocenters. The molecule has 0 spiro atoms. The van der Waals surface area contributed by atoms with Gasteiger partial charge >= 0.3 is 0 Å². The molecule has 2 aromatic heterocycles. The van der Waals surface area contributed by atoms with Crippen molar-refractivity contribution in [2.45, 2.75) is 30.3 Å². The molecule has 0 aliphatic rings. The Balaban J connectivity index is 1.89. The summed E-state index contributed by atoms with van der Waals surface area (Å²) in [5.41, 5.74) is 0.806. The van der Waals surface area contributed by atoms with Crippen molar-refractivity contribution in [1.82, 2.24) is 15.0 Å². The van der Waals surface area contributed by atoms with Gasteiger partial charge in [0.2, 0.25) is 0 Å². The number of hydrogen-bond acceptors (Lipinski definition) is 8. The maximum atomic E-state index is 9.99. The fraction of sp³-hybridized carbons (Fsp3) is 0.389. The molecule has 0 radical (unpaired) electrons. The minimum absolute atomic E-state index is 0.204. The number of hydrogen-bond donors (Lipinski definition) is 1. The predicted octanol–water partition coefficient (Wildman–Crippen LogP) is 4.36. The van der Waals surface area contributed by atoms with E-state index < -0.39 is 5.60 Å². The normalized spacial score (nSPS) is 11.8. The van der Waals surface area contributed by atoms with Crippen LogP contribution in [-0.4, -0.2) is 45.6 Å². The summed E-state index contributed by atoms with van der Waals surface area (Å²) >= 11 is 6.75. The van der Waals surface area contributed by atoms with Gasteiger partial charge in [-0.05, 0) is 42.1 Å². The van der Waals surface area contributed by atoms with Crippen molar-refractivity contribution < 1.29 is 9.84 Å². The fourth-order valence-corrected chi connectivity index (χ4v) is 4.58. The van der Waals surface area contributed by atoms with Crippen molar-refractivity contribution in [2.24, 2.45) is 0 Å². The monoisotopic (exact) mass is 468 g/mol. The molecule has 0 fully saturated rings. The molecule has 9 heteroatoms. The molecule has 0 aliphatic carbocycles. The zero-order chi connectivity index (χ0) is 19.6. The van der Waals surface area contributed by atoms with Gasteiger partial charge in [-0.3, -0.25) is 0 Å². The van der Waals surface area contributed by atoms with Gasteiger partial charge in [0.25, 0.3) is 0 Å². The summed E-state index contributed by atoms with van der Waals surface area (Å²) in [6, 6.07) is 5.91. The number of aromatic nitrogens is 3. The van der Waals surface area contributed by atoms with Crippen LogP contribution >= 0.6 is 39.0 Å². The van der Waals surface area contributed by atoms with Crippen LogP contribution in [0.2, 0.25) is 0 Å². The Morgan fingerprint density at radius 1 is 1.33 bits per heavy atom. The van der Waals surface area contributed by atoms with E-state index in [-0.39, 0.29) is 6.61 Å². The van der Waals surface area contributed by atoms with Crippen LogP contribution in [0.15, 0.2) is 33.3 Å². The average molecular weight is 469 g/mol. The number of thioether (sulfide) groups is 1. The predicted molar refractivity (Wildman–Crippen MR) is 115 cm³/mol. The smallest absolute Gasteiger partial charge is 0.176 e. The van der Waals surface area contributed by atoms with Crippen molar-refractivity contribution in [2.75, 3.05) is 24.8 Å². The molecule has 3 aromatic rings. The van der Waals surface area contributed by atoms with Gasteiger partial charge in [0.05, 0.1) is 10.1 Å². The summed E-state index contributed by atoms with van der Waals surface area (Å²) in [4.78, 5) is 15.3. The first-order valence-corrected chi connectivity index (χ1v) is 11.1. The van der Waals surface area contributed by atoms with Crippen molar-refractivity contribution in [1.29, 1.82) is 0 Å². The molecule has 0 amide bonds. The van der Waals surface area contributed by atoms with Crippen molar-refractivity contribution in [3.63, 3.8) is 0 Å². The van der Waals surface area contributed by atoms with Crippen LogP contribution in [0.4, 0.5) is 5.82 Å². The number of nitrogens with zero attached hydrogens (tertiary/aromatic N) is 4. The Hall–Kier alpha value is -1.42. The van der Waals surface area contributed by atoms with Gasteiger partial charge in [-0.15, -0.1) is 11.3 Å². The molecule has 2 heterocycles. The number of thiazole rings is 1. The quantitative estimate of drug-likeness (QED) is 0.516. The van der Waals surface area contributed by atoms with E-state index in [1.165, 1.54) is 0 Å². The first kappa shape index (κ1) is 20.3. The lowest BCUT2D eigenvalue weighted by molar-refractivity contribution is 0.0279. The molecule has 0 saturated carbocycles. The second-order valence-corrected chi connectivity index (χ2v) is 9.63. The van der Waals surface area contributed by atoms with Crippen LogP contribution in [0, 0.1) is 0 Å². The Morgan fingerprint density at radius 3 is 2.81 bits per heavy atom. The van der Waals surface area contributed by atoms with Gasteiger partial charge in [-0.1, -0.05) is 23.9 Å². The van der Waals surface area contributed by atoms with Gasteiger partial charge in [0, 0.05) is 19.2 Å². The van der Waals surface area contributed by atoms with E-state index in [0.29, 0.717) is 12.2 Å². The lowest BCUT2D eigenvalue weighted by atomic mass is 10.1. The third kappa shape index (κ3) is 4.90. The number of benzene rings is 1. The highest BCUT2D eigenvalue weighted by atomic mass is 79.9. The van der Waals surface area contributed by atoms with Gasteiger partial charge in [0.1, 0.15) is 23.4 Å². The molecular weight excluding hydrogens is 448 g/mol. The standard InChI is InChI=1S/C18H21BrN4O2S2/c1-18(2,24)9-25-13-11(6-5-7-12(13)19)8-23(3)16-14-15(20-10-21-16)22-17(26-4)27-14/h5-7,10,24H,8-9H2,1-4H3. The van der Waals surface area contributed by atoms with E-state index in [2.05, 4.69) is 35.8 Å². The molecular formula is C18H21BrN4O2S2. The first-order valence-electron chi connectivity index (χ1n) is 8.28. The largest absolute Gasteiger partial charge is 0.489 e. The Morgan fingerprint density at radius 2 is 2.11 bits per heavy atom. The van der Waals surface area contributed by atoms with Crippen molar-refractivity contribution in [3.05, 3.63) is 34.6 Å². The number of fused-ring (bicyclic) bond motifs is 1. The third-order valence-electron chi connectivity index (χ3n) is 3.71. The number of rotatable bonds is 7. The van der Waals surface area contributed by atoms with Gasteiger partial charge < -0.3 is 14.7 Å². The highest BCUT2D eigenvalue weighted by Crippen LogP contribution is 2.35. The molecule has 6 nitrogen and oxygen atoms in total. The average Bonchev–Trinajstić information content (AvgIpc) is 3.03. The van der Waals surface area contributed by atoms with Crippen molar-refractivity contribution in [3.8, 4) is 5.75 Å². The maximum Gasteiger partial charge on any atom is 0.176 e. The van der Waals surface area contributed by atoms with Crippen LogP contribution in [0.1, 0.15) is 19.4 Å². The first-order chi connectivity index (χ1) is 12.8. The number of anilines is 1. The lowest BCUT2D eigenvalue weighted by Gasteiger charge is -2.23. The van der Waals surface area contributed by atoms with E-state index in [1.54, 1.807) is 43.3 Å². The molecule has 0 aliphatic heterocycles. The summed E-state index contributed by atoms with van der Waals surface area (Å²) in [7, 11) is 1.99. The summed E-state index contributed by atoms with van der Waals surface area (Å²) in [6.45, 7) is 4.25. The van der Waals surface area contributed by atoms with Gasteiger partial charge in [0.15, 0.2) is 15.8 Å². The van der Waals surface area contributed by atoms with Crippen LogP contribution in [0.3, 0.4) is 0 Å². The summed E-state index contributed by atoms with van der Waals surface area (Å²) in [6.07, 6.45) is 3.55.